The number of methoxy groups -OCH3 is 1. The van der Waals surface area contributed by atoms with Gasteiger partial charge < -0.3 is 14.3 Å². The molecular formula is C23H18BrNO5. The SMILES string of the molecule is COc1ccc(C(=O)c2ccc3c(c2)oc(=O)n3CC(O)c2ccc(Br)cc2)cc1. The van der Waals surface area contributed by atoms with Crippen LogP contribution < -0.4 is 10.5 Å². The van der Waals surface area contributed by atoms with E-state index in [9.17, 15) is 14.7 Å². The van der Waals surface area contributed by atoms with Gasteiger partial charge in [-0.15, -0.1) is 0 Å². The molecule has 30 heavy (non-hydrogen) atoms. The van der Waals surface area contributed by atoms with Crippen molar-refractivity contribution in [3.05, 3.63) is 98.4 Å². The second-order valence-electron chi connectivity index (χ2n) is 6.79. The highest BCUT2D eigenvalue weighted by Crippen LogP contribution is 2.22. The number of aliphatic hydroxyl groups excluding tert-OH is 1. The lowest BCUT2D eigenvalue weighted by Crippen LogP contribution is -2.18. The van der Waals surface area contributed by atoms with Crippen molar-refractivity contribution in [3.63, 3.8) is 0 Å². The number of benzene rings is 3. The number of rotatable bonds is 6. The molecule has 1 heterocycles. The molecule has 0 fully saturated rings. The Hall–Kier alpha value is -3.16. The highest BCUT2D eigenvalue weighted by atomic mass is 79.9. The first kappa shape index (κ1) is 20.1. The second kappa shape index (κ2) is 8.30. The molecule has 6 nitrogen and oxygen atoms in total. The van der Waals surface area contributed by atoms with Gasteiger partial charge in [-0.05, 0) is 60.2 Å². The Labute approximate surface area is 180 Å². The third-order valence-corrected chi connectivity index (χ3v) is 5.42. The van der Waals surface area contributed by atoms with Crippen LogP contribution in [0.25, 0.3) is 11.1 Å². The summed E-state index contributed by atoms with van der Waals surface area (Å²) in [5.41, 5.74) is 2.40. The van der Waals surface area contributed by atoms with Crippen molar-refractivity contribution in [1.82, 2.24) is 4.57 Å². The first-order valence-electron chi connectivity index (χ1n) is 9.22. The number of aromatic nitrogens is 1. The van der Waals surface area contributed by atoms with Crippen molar-refractivity contribution in [3.8, 4) is 5.75 Å². The van der Waals surface area contributed by atoms with Crippen LogP contribution in [-0.4, -0.2) is 22.6 Å². The summed E-state index contributed by atoms with van der Waals surface area (Å²) < 4.78 is 12.7. The molecule has 1 N–H and O–H groups in total. The van der Waals surface area contributed by atoms with E-state index in [1.54, 1.807) is 61.7 Å². The van der Waals surface area contributed by atoms with E-state index in [0.29, 0.717) is 33.5 Å². The molecule has 3 aromatic carbocycles. The van der Waals surface area contributed by atoms with E-state index in [2.05, 4.69) is 15.9 Å². The van der Waals surface area contributed by atoms with Crippen LogP contribution in [0.2, 0.25) is 0 Å². The summed E-state index contributed by atoms with van der Waals surface area (Å²) in [6.07, 6.45) is -0.878. The number of halogens is 1. The third-order valence-electron chi connectivity index (χ3n) is 4.89. The quantitative estimate of drug-likeness (QED) is 0.426. The number of oxazole rings is 1. The topological polar surface area (TPSA) is 81.7 Å². The average molecular weight is 468 g/mol. The molecule has 0 radical (unpaired) electrons. The van der Waals surface area contributed by atoms with Gasteiger partial charge in [0.15, 0.2) is 11.4 Å². The number of ketones is 1. The molecule has 1 aromatic heterocycles. The van der Waals surface area contributed by atoms with Gasteiger partial charge in [-0.1, -0.05) is 28.1 Å². The molecule has 0 saturated carbocycles. The fraction of sp³-hybridized carbons (Fsp3) is 0.130. The van der Waals surface area contributed by atoms with Crippen molar-refractivity contribution >= 4 is 32.8 Å². The Kier molecular flexibility index (Phi) is 5.57. The second-order valence-corrected chi connectivity index (χ2v) is 7.70. The molecule has 0 aliphatic rings. The lowest BCUT2D eigenvalue weighted by molar-refractivity contribution is 0.103. The van der Waals surface area contributed by atoms with Crippen LogP contribution in [0.1, 0.15) is 27.6 Å². The average Bonchev–Trinajstić information content (AvgIpc) is 3.08. The van der Waals surface area contributed by atoms with Gasteiger partial charge in [0.2, 0.25) is 0 Å². The Morgan fingerprint density at radius 2 is 1.73 bits per heavy atom. The summed E-state index contributed by atoms with van der Waals surface area (Å²) in [6.45, 7) is 0.0409. The summed E-state index contributed by atoms with van der Waals surface area (Å²) in [7, 11) is 1.56. The standard InChI is InChI=1S/C23H18BrNO5/c1-29-18-9-4-15(5-10-18)22(27)16-6-11-19-21(12-16)30-23(28)25(19)13-20(26)14-2-7-17(24)8-3-14/h2-12,20,26H,13H2,1H3. The molecule has 152 valence electrons. The van der Waals surface area contributed by atoms with Crippen LogP contribution in [0.4, 0.5) is 0 Å². The smallest absolute Gasteiger partial charge is 0.420 e. The Bertz CT molecular complexity index is 1260. The molecule has 1 atom stereocenters. The largest absolute Gasteiger partial charge is 0.497 e. The van der Waals surface area contributed by atoms with E-state index in [1.807, 2.05) is 12.1 Å². The lowest BCUT2D eigenvalue weighted by atomic mass is 10.0. The molecule has 0 amide bonds. The van der Waals surface area contributed by atoms with E-state index < -0.39 is 11.9 Å². The Morgan fingerprint density at radius 1 is 1.07 bits per heavy atom. The minimum Gasteiger partial charge on any atom is -0.497 e. The van der Waals surface area contributed by atoms with Gasteiger partial charge in [0, 0.05) is 15.6 Å². The number of hydrogen-bond acceptors (Lipinski definition) is 5. The maximum absolute atomic E-state index is 12.8. The highest BCUT2D eigenvalue weighted by molar-refractivity contribution is 9.10. The van der Waals surface area contributed by atoms with Gasteiger partial charge in [-0.2, -0.15) is 0 Å². The maximum atomic E-state index is 12.8. The molecule has 0 saturated heterocycles. The number of carbonyl (C=O) groups is 1. The highest BCUT2D eigenvalue weighted by Gasteiger charge is 2.17. The summed E-state index contributed by atoms with van der Waals surface area (Å²) in [5.74, 6) is -0.116. The third kappa shape index (κ3) is 3.94. The zero-order chi connectivity index (χ0) is 21.3. The fourth-order valence-corrected chi connectivity index (χ4v) is 3.52. The summed E-state index contributed by atoms with van der Waals surface area (Å²) in [5, 5.41) is 10.5. The zero-order valence-electron chi connectivity index (χ0n) is 16.0. The number of nitrogens with zero attached hydrogens (tertiary/aromatic N) is 1. The predicted octanol–water partition coefficient (Wildman–Crippen LogP) is 4.33. The number of fused-ring (bicyclic) bond motifs is 1. The van der Waals surface area contributed by atoms with Crippen molar-refractivity contribution in [2.24, 2.45) is 0 Å². The van der Waals surface area contributed by atoms with Gasteiger partial charge in [0.1, 0.15) is 5.75 Å². The summed E-state index contributed by atoms with van der Waals surface area (Å²) in [4.78, 5) is 25.1. The monoisotopic (exact) mass is 467 g/mol. The van der Waals surface area contributed by atoms with Gasteiger partial charge in [0.05, 0.1) is 25.3 Å². The van der Waals surface area contributed by atoms with E-state index in [1.165, 1.54) is 4.57 Å². The first-order valence-corrected chi connectivity index (χ1v) is 10.0. The molecule has 0 spiro atoms. The number of ether oxygens (including phenoxy) is 1. The Balaban J connectivity index is 1.62. The number of hydrogen-bond donors (Lipinski definition) is 1. The minimum atomic E-state index is -0.878. The molecule has 7 heteroatoms. The molecule has 4 aromatic rings. The number of carbonyl (C=O) groups excluding carboxylic acids is 1. The van der Waals surface area contributed by atoms with Crippen LogP contribution in [0.15, 0.2) is 80.4 Å². The van der Waals surface area contributed by atoms with Crippen molar-refractivity contribution in [2.45, 2.75) is 12.6 Å². The van der Waals surface area contributed by atoms with Crippen molar-refractivity contribution in [1.29, 1.82) is 0 Å². The fourth-order valence-electron chi connectivity index (χ4n) is 3.25. The van der Waals surface area contributed by atoms with Crippen LogP contribution in [0, 0.1) is 0 Å². The summed E-state index contributed by atoms with van der Waals surface area (Å²) in [6, 6.07) is 18.9. The molecule has 4 rings (SSSR count). The van der Waals surface area contributed by atoms with Gasteiger partial charge >= 0.3 is 5.76 Å². The first-order chi connectivity index (χ1) is 14.5. The van der Waals surface area contributed by atoms with Crippen molar-refractivity contribution in [2.75, 3.05) is 7.11 Å². The van der Waals surface area contributed by atoms with Gasteiger partial charge in [0.25, 0.3) is 0 Å². The van der Waals surface area contributed by atoms with Crippen LogP contribution in [0.5, 0.6) is 5.75 Å². The predicted molar refractivity (Wildman–Crippen MR) is 116 cm³/mol. The van der Waals surface area contributed by atoms with E-state index in [0.717, 1.165) is 4.47 Å². The van der Waals surface area contributed by atoms with Crippen LogP contribution in [0.3, 0.4) is 0 Å². The lowest BCUT2D eigenvalue weighted by Gasteiger charge is -2.11. The molecule has 1 unspecified atom stereocenters. The van der Waals surface area contributed by atoms with Gasteiger partial charge in [-0.25, -0.2) is 4.79 Å². The summed E-state index contributed by atoms with van der Waals surface area (Å²) >= 11 is 3.36. The normalized spacial score (nSPS) is 12.1. The molecule has 0 bridgehead atoms. The van der Waals surface area contributed by atoms with Crippen molar-refractivity contribution < 1.29 is 19.1 Å². The Morgan fingerprint density at radius 3 is 2.40 bits per heavy atom. The van der Waals surface area contributed by atoms with E-state index in [4.69, 9.17) is 9.15 Å². The number of aliphatic hydroxyl groups is 1. The molecule has 0 aliphatic heterocycles. The van der Waals surface area contributed by atoms with Crippen LogP contribution in [-0.2, 0) is 6.54 Å². The maximum Gasteiger partial charge on any atom is 0.420 e. The molecular weight excluding hydrogens is 450 g/mol. The molecule has 0 aliphatic carbocycles. The minimum absolute atomic E-state index is 0.0409. The van der Waals surface area contributed by atoms with E-state index >= 15 is 0 Å². The van der Waals surface area contributed by atoms with Gasteiger partial charge in [-0.3, -0.25) is 9.36 Å². The van der Waals surface area contributed by atoms with Crippen LogP contribution >= 0.6 is 15.9 Å². The van der Waals surface area contributed by atoms with E-state index in [-0.39, 0.29) is 12.3 Å². The zero-order valence-corrected chi connectivity index (χ0v) is 17.6.